The molecule has 28 heavy (non-hydrogen) atoms. The van der Waals surface area contributed by atoms with Gasteiger partial charge in [-0.3, -0.25) is 4.79 Å². The van der Waals surface area contributed by atoms with Crippen LogP contribution in [0.15, 0.2) is 48.7 Å². The molecule has 1 aliphatic heterocycles. The first-order valence-electron chi connectivity index (χ1n) is 8.27. The van der Waals surface area contributed by atoms with Crippen LogP contribution in [-0.4, -0.2) is 29.8 Å². The number of hydrogen-bond donors (Lipinski definition) is 2. The quantitative estimate of drug-likeness (QED) is 0.673. The summed E-state index contributed by atoms with van der Waals surface area (Å²) in [5.41, 5.74) is 1.35. The maximum absolute atomic E-state index is 12.5. The highest BCUT2D eigenvalue weighted by Gasteiger charge is 2.16. The molecule has 9 heteroatoms. The van der Waals surface area contributed by atoms with E-state index < -0.39 is 0 Å². The molecular formula is C19H15ClN4O4. The van der Waals surface area contributed by atoms with Crippen LogP contribution in [0, 0.1) is 0 Å². The molecule has 0 bridgehead atoms. The molecule has 2 heterocycles. The third kappa shape index (κ3) is 3.77. The first-order valence-corrected chi connectivity index (χ1v) is 8.65. The van der Waals surface area contributed by atoms with Gasteiger partial charge in [0.1, 0.15) is 11.4 Å². The van der Waals surface area contributed by atoms with Gasteiger partial charge in [0.05, 0.1) is 12.8 Å². The first-order chi connectivity index (χ1) is 13.6. The number of nitrogens with one attached hydrogen (secondary N) is 2. The smallest absolute Gasteiger partial charge is 0.274 e. The van der Waals surface area contributed by atoms with Gasteiger partial charge in [0.15, 0.2) is 11.5 Å². The van der Waals surface area contributed by atoms with Crippen molar-refractivity contribution in [3.63, 3.8) is 0 Å². The second-order valence-corrected chi connectivity index (χ2v) is 6.19. The Morgan fingerprint density at radius 2 is 2.00 bits per heavy atom. The summed E-state index contributed by atoms with van der Waals surface area (Å²) >= 11 is 6.03. The van der Waals surface area contributed by atoms with Crippen molar-refractivity contribution in [3.8, 4) is 17.2 Å². The van der Waals surface area contributed by atoms with Crippen molar-refractivity contribution < 1.29 is 19.0 Å². The van der Waals surface area contributed by atoms with E-state index in [-0.39, 0.29) is 24.3 Å². The van der Waals surface area contributed by atoms with Gasteiger partial charge in [0.2, 0.25) is 12.7 Å². The molecule has 1 aliphatic rings. The number of nitrogens with zero attached hydrogens (tertiary/aromatic N) is 2. The number of carbonyl (C=O) groups excluding carboxylic acids is 1. The molecule has 1 aromatic heterocycles. The van der Waals surface area contributed by atoms with E-state index in [1.54, 1.807) is 43.5 Å². The average Bonchev–Trinajstić information content (AvgIpc) is 3.16. The van der Waals surface area contributed by atoms with E-state index in [1.807, 2.05) is 0 Å². The average molecular weight is 399 g/mol. The zero-order valence-corrected chi connectivity index (χ0v) is 15.5. The zero-order chi connectivity index (χ0) is 19.5. The summed E-state index contributed by atoms with van der Waals surface area (Å²) < 4.78 is 15.9. The Morgan fingerprint density at radius 3 is 2.86 bits per heavy atom. The first kappa shape index (κ1) is 17.9. The Morgan fingerprint density at radius 1 is 1.14 bits per heavy atom. The van der Waals surface area contributed by atoms with Gasteiger partial charge in [-0.1, -0.05) is 11.6 Å². The molecule has 0 spiro atoms. The molecule has 0 radical (unpaired) electrons. The van der Waals surface area contributed by atoms with Crippen molar-refractivity contribution in [2.75, 3.05) is 24.5 Å². The topological polar surface area (TPSA) is 94.6 Å². The van der Waals surface area contributed by atoms with E-state index in [1.165, 1.54) is 12.3 Å². The van der Waals surface area contributed by atoms with Crippen LogP contribution in [0.2, 0.25) is 5.02 Å². The molecule has 0 aliphatic carbocycles. The molecule has 0 saturated carbocycles. The molecular weight excluding hydrogens is 384 g/mol. The van der Waals surface area contributed by atoms with Crippen molar-refractivity contribution in [3.05, 3.63) is 59.4 Å². The van der Waals surface area contributed by atoms with Gasteiger partial charge in [-0.05, 0) is 36.4 Å². The molecule has 0 fully saturated rings. The van der Waals surface area contributed by atoms with Crippen molar-refractivity contribution in [1.29, 1.82) is 0 Å². The number of halogens is 1. The SMILES string of the molecule is COc1ccc(Cl)cc1Nc1nccc(C(=O)Nc2ccc3c(c2)OCO3)n1. The van der Waals surface area contributed by atoms with Crippen LogP contribution in [0.4, 0.5) is 17.3 Å². The number of fused-ring (bicyclic) bond motifs is 1. The Hall–Kier alpha value is -3.52. The number of aromatic nitrogens is 2. The van der Waals surface area contributed by atoms with Crippen LogP contribution < -0.4 is 24.8 Å². The third-order valence-electron chi connectivity index (χ3n) is 3.93. The predicted octanol–water partition coefficient (Wildman–Crippen LogP) is 3.86. The molecule has 2 aromatic carbocycles. The highest BCUT2D eigenvalue weighted by atomic mass is 35.5. The number of carbonyl (C=O) groups is 1. The highest BCUT2D eigenvalue weighted by Crippen LogP contribution is 2.34. The molecule has 0 unspecified atom stereocenters. The second-order valence-electron chi connectivity index (χ2n) is 5.76. The summed E-state index contributed by atoms with van der Waals surface area (Å²) in [5, 5.41) is 6.31. The highest BCUT2D eigenvalue weighted by molar-refractivity contribution is 6.31. The van der Waals surface area contributed by atoms with Crippen LogP contribution in [-0.2, 0) is 0 Å². The number of hydrogen-bond acceptors (Lipinski definition) is 7. The molecule has 0 saturated heterocycles. The van der Waals surface area contributed by atoms with E-state index in [0.717, 1.165) is 0 Å². The lowest BCUT2D eigenvalue weighted by Gasteiger charge is -2.11. The Balaban J connectivity index is 1.52. The van der Waals surface area contributed by atoms with Crippen LogP contribution in [0.3, 0.4) is 0 Å². The predicted molar refractivity (Wildman–Crippen MR) is 104 cm³/mol. The number of anilines is 3. The molecule has 4 rings (SSSR count). The van der Waals surface area contributed by atoms with Gasteiger partial charge in [0, 0.05) is 23.0 Å². The Bertz CT molecular complexity index is 1040. The van der Waals surface area contributed by atoms with Gasteiger partial charge in [0.25, 0.3) is 5.91 Å². The maximum atomic E-state index is 12.5. The lowest BCUT2D eigenvalue weighted by atomic mass is 10.2. The summed E-state index contributed by atoms with van der Waals surface area (Å²) in [6.07, 6.45) is 1.49. The van der Waals surface area contributed by atoms with Gasteiger partial charge in [-0.2, -0.15) is 0 Å². The number of ether oxygens (including phenoxy) is 3. The molecule has 2 N–H and O–H groups in total. The van der Waals surface area contributed by atoms with Crippen molar-refractivity contribution in [2.24, 2.45) is 0 Å². The van der Waals surface area contributed by atoms with Crippen molar-refractivity contribution in [1.82, 2.24) is 9.97 Å². The zero-order valence-electron chi connectivity index (χ0n) is 14.7. The molecule has 3 aromatic rings. The fourth-order valence-electron chi connectivity index (χ4n) is 2.61. The minimum Gasteiger partial charge on any atom is -0.495 e. The van der Waals surface area contributed by atoms with Crippen LogP contribution in [0.1, 0.15) is 10.5 Å². The lowest BCUT2D eigenvalue weighted by molar-refractivity contribution is 0.102. The summed E-state index contributed by atoms with van der Waals surface area (Å²) in [6, 6.07) is 11.8. The third-order valence-corrected chi connectivity index (χ3v) is 4.16. The number of rotatable bonds is 5. The van der Waals surface area contributed by atoms with Gasteiger partial charge in [-0.25, -0.2) is 9.97 Å². The minimum absolute atomic E-state index is 0.167. The summed E-state index contributed by atoms with van der Waals surface area (Å²) in [4.78, 5) is 20.9. The van der Waals surface area contributed by atoms with Gasteiger partial charge < -0.3 is 24.8 Å². The van der Waals surface area contributed by atoms with Crippen LogP contribution in [0.5, 0.6) is 17.2 Å². The fraction of sp³-hybridized carbons (Fsp3) is 0.105. The van der Waals surface area contributed by atoms with Crippen molar-refractivity contribution in [2.45, 2.75) is 0 Å². The molecule has 8 nitrogen and oxygen atoms in total. The summed E-state index contributed by atoms with van der Waals surface area (Å²) in [5.74, 6) is 1.64. The number of methoxy groups -OCH3 is 1. The minimum atomic E-state index is -0.387. The lowest BCUT2D eigenvalue weighted by Crippen LogP contribution is -2.14. The van der Waals surface area contributed by atoms with Gasteiger partial charge in [-0.15, -0.1) is 0 Å². The van der Waals surface area contributed by atoms with E-state index in [2.05, 4.69) is 20.6 Å². The van der Waals surface area contributed by atoms with E-state index in [4.69, 9.17) is 25.8 Å². The monoisotopic (exact) mass is 398 g/mol. The Labute approximate surface area is 165 Å². The van der Waals surface area contributed by atoms with Gasteiger partial charge >= 0.3 is 0 Å². The normalized spacial score (nSPS) is 11.8. The number of amides is 1. The molecule has 0 atom stereocenters. The van der Waals surface area contributed by atoms with E-state index >= 15 is 0 Å². The molecule has 142 valence electrons. The summed E-state index contributed by atoms with van der Waals surface area (Å²) in [6.45, 7) is 0.167. The van der Waals surface area contributed by atoms with E-state index in [9.17, 15) is 4.79 Å². The largest absolute Gasteiger partial charge is 0.495 e. The number of benzene rings is 2. The summed E-state index contributed by atoms with van der Waals surface area (Å²) in [7, 11) is 1.55. The van der Waals surface area contributed by atoms with Crippen molar-refractivity contribution >= 4 is 34.8 Å². The Kier molecular flexibility index (Phi) is 4.86. The fourth-order valence-corrected chi connectivity index (χ4v) is 2.79. The standard InChI is InChI=1S/C19H15ClN4O4/c1-26-15-4-2-11(20)8-14(15)24-19-21-7-6-13(23-19)18(25)22-12-3-5-16-17(9-12)28-10-27-16/h2-9H,10H2,1H3,(H,22,25)(H,21,23,24). The van der Waals surface area contributed by atoms with Crippen LogP contribution in [0.25, 0.3) is 0 Å². The van der Waals surface area contributed by atoms with E-state index in [0.29, 0.717) is 33.6 Å². The second kappa shape index (κ2) is 7.61. The van der Waals surface area contributed by atoms with Crippen LogP contribution >= 0.6 is 11.6 Å². The maximum Gasteiger partial charge on any atom is 0.274 e. The molecule has 1 amide bonds.